The van der Waals surface area contributed by atoms with Gasteiger partial charge in [-0.2, -0.15) is 0 Å². The number of hydrogen-bond donors (Lipinski definition) is 0. The fourth-order valence-corrected chi connectivity index (χ4v) is 2.81. The second kappa shape index (κ2) is 6.96. The molecule has 0 aliphatic rings. The highest BCUT2D eigenvalue weighted by Crippen LogP contribution is 2.32. The van der Waals surface area contributed by atoms with Crippen molar-refractivity contribution in [2.45, 2.75) is 25.1 Å². The molecule has 0 amide bonds. The predicted molar refractivity (Wildman–Crippen MR) is 92.3 cm³/mol. The van der Waals surface area contributed by atoms with E-state index >= 15 is 0 Å². The summed E-state index contributed by atoms with van der Waals surface area (Å²) in [7, 11) is 0. The van der Waals surface area contributed by atoms with Crippen LogP contribution in [0, 0.1) is 3.57 Å². The van der Waals surface area contributed by atoms with Crippen LogP contribution in [0.2, 0.25) is 5.02 Å². The molecule has 0 nitrogen and oxygen atoms in total. The van der Waals surface area contributed by atoms with E-state index in [1.165, 1.54) is 5.56 Å². The fraction of sp³-hybridized carbons (Fsp3) is 0.250. The van der Waals surface area contributed by atoms with Crippen molar-refractivity contribution in [2.75, 3.05) is 0 Å². The molecule has 0 saturated heterocycles. The van der Waals surface area contributed by atoms with Crippen molar-refractivity contribution in [3.8, 4) is 0 Å². The van der Waals surface area contributed by atoms with Crippen molar-refractivity contribution in [3.05, 3.63) is 67.7 Å². The molecule has 3 heteroatoms. The molecule has 1 atom stereocenters. The lowest BCUT2D eigenvalue weighted by Gasteiger charge is -2.12. The van der Waals surface area contributed by atoms with E-state index in [0.29, 0.717) is 0 Å². The summed E-state index contributed by atoms with van der Waals surface area (Å²) in [5.74, 6) is 0. The lowest BCUT2D eigenvalue weighted by molar-refractivity contribution is 0.920. The molecule has 0 radical (unpaired) electrons. The summed E-state index contributed by atoms with van der Waals surface area (Å²) in [6.45, 7) is 2.19. The maximum atomic E-state index is 6.52. The largest absolute Gasteiger partial charge is 0.113 e. The number of benzene rings is 2. The Hall–Kier alpha value is -0.250. The molecule has 0 saturated carbocycles. The molecule has 1 unspecified atom stereocenters. The second-order valence-electron chi connectivity index (χ2n) is 4.53. The number of rotatable bonds is 4. The standard InChI is InChI=1S/C16H15Cl2I/c1-2-3-11-4-6-12(7-5-11)16(18)13-8-9-15(19)14(17)10-13/h4-10,16H,2-3H2,1H3. The summed E-state index contributed by atoms with van der Waals surface area (Å²) in [6, 6.07) is 14.5. The van der Waals surface area contributed by atoms with Gasteiger partial charge in [-0.05, 0) is 57.8 Å². The van der Waals surface area contributed by atoms with Gasteiger partial charge >= 0.3 is 0 Å². The molecule has 0 fully saturated rings. The maximum Gasteiger partial charge on any atom is 0.0835 e. The Morgan fingerprint density at radius 1 is 1.05 bits per heavy atom. The third-order valence-electron chi connectivity index (χ3n) is 3.05. The van der Waals surface area contributed by atoms with Crippen molar-refractivity contribution in [3.63, 3.8) is 0 Å². The van der Waals surface area contributed by atoms with Gasteiger partial charge in [0.15, 0.2) is 0 Å². The van der Waals surface area contributed by atoms with Gasteiger partial charge in [0.05, 0.1) is 10.4 Å². The Bertz CT molecular complexity index is 549. The zero-order valence-corrected chi connectivity index (χ0v) is 14.3. The third-order valence-corrected chi connectivity index (χ3v) is 5.12. The molecule has 0 aliphatic carbocycles. The summed E-state index contributed by atoms with van der Waals surface area (Å²) in [4.78, 5) is 0. The summed E-state index contributed by atoms with van der Waals surface area (Å²) in [5.41, 5.74) is 3.50. The normalized spacial score (nSPS) is 12.4. The third kappa shape index (κ3) is 3.87. The van der Waals surface area contributed by atoms with E-state index in [-0.39, 0.29) is 5.38 Å². The Balaban J connectivity index is 2.22. The molecular weight excluding hydrogens is 390 g/mol. The van der Waals surface area contributed by atoms with E-state index in [1.807, 2.05) is 18.2 Å². The van der Waals surface area contributed by atoms with Crippen molar-refractivity contribution < 1.29 is 0 Å². The minimum Gasteiger partial charge on any atom is -0.113 e. The summed E-state index contributed by atoms with van der Waals surface area (Å²) in [5, 5.41) is 0.608. The van der Waals surface area contributed by atoms with Crippen LogP contribution in [0.25, 0.3) is 0 Å². The van der Waals surface area contributed by atoms with Crippen LogP contribution in [0.15, 0.2) is 42.5 Å². The average Bonchev–Trinajstić information content (AvgIpc) is 2.42. The van der Waals surface area contributed by atoms with Crippen LogP contribution in [-0.4, -0.2) is 0 Å². The maximum absolute atomic E-state index is 6.52. The first-order valence-electron chi connectivity index (χ1n) is 6.29. The zero-order valence-electron chi connectivity index (χ0n) is 10.7. The smallest absolute Gasteiger partial charge is 0.0835 e. The second-order valence-corrected chi connectivity index (χ2v) is 6.53. The molecule has 2 aromatic carbocycles. The molecule has 100 valence electrons. The molecule has 2 aromatic rings. The quantitative estimate of drug-likeness (QED) is 0.418. The van der Waals surface area contributed by atoms with Gasteiger partial charge in [0.2, 0.25) is 0 Å². The van der Waals surface area contributed by atoms with Gasteiger partial charge in [0.1, 0.15) is 0 Å². The first-order valence-corrected chi connectivity index (χ1v) is 8.19. The first kappa shape index (κ1) is 15.1. The Morgan fingerprint density at radius 3 is 2.26 bits per heavy atom. The highest BCUT2D eigenvalue weighted by Gasteiger charge is 2.12. The van der Waals surface area contributed by atoms with Gasteiger partial charge in [0, 0.05) is 3.57 Å². The van der Waals surface area contributed by atoms with Gasteiger partial charge in [-0.3, -0.25) is 0 Å². The van der Waals surface area contributed by atoms with Gasteiger partial charge in [-0.1, -0.05) is 55.3 Å². The minimum absolute atomic E-state index is 0.148. The highest BCUT2D eigenvalue weighted by atomic mass is 127. The van der Waals surface area contributed by atoms with Crippen LogP contribution < -0.4 is 0 Å². The van der Waals surface area contributed by atoms with Crippen LogP contribution in [0.1, 0.15) is 35.4 Å². The predicted octanol–water partition coefficient (Wildman–Crippen LogP) is 6.23. The SMILES string of the molecule is CCCc1ccc(C(Cl)c2ccc(I)c(Cl)c2)cc1. The number of hydrogen-bond acceptors (Lipinski definition) is 0. The number of alkyl halides is 1. The Morgan fingerprint density at radius 2 is 1.68 bits per heavy atom. The minimum atomic E-state index is -0.148. The average molecular weight is 405 g/mol. The summed E-state index contributed by atoms with van der Waals surface area (Å²) >= 11 is 14.9. The van der Waals surface area contributed by atoms with Crippen LogP contribution in [0.4, 0.5) is 0 Å². The van der Waals surface area contributed by atoms with E-state index in [9.17, 15) is 0 Å². The van der Waals surface area contributed by atoms with E-state index in [2.05, 4.69) is 53.8 Å². The summed E-state index contributed by atoms with van der Waals surface area (Å²) < 4.78 is 1.05. The van der Waals surface area contributed by atoms with Gasteiger partial charge in [-0.25, -0.2) is 0 Å². The van der Waals surface area contributed by atoms with Gasteiger partial charge < -0.3 is 0 Å². The molecule has 19 heavy (non-hydrogen) atoms. The van der Waals surface area contributed by atoms with Crippen molar-refractivity contribution >= 4 is 45.8 Å². The van der Waals surface area contributed by atoms with E-state index < -0.39 is 0 Å². The number of aryl methyl sites for hydroxylation is 1. The number of halogens is 3. The molecule has 0 bridgehead atoms. The van der Waals surface area contributed by atoms with Crippen LogP contribution in [0.3, 0.4) is 0 Å². The van der Waals surface area contributed by atoms with Crippen molar-refractivity contribution in [1.29, 1.82) is 0 Å². The topological polar surface area (TPSA) is 0 Å². The Kier molecular flexibility index (Phi) is 5.55. The van der Waals surface area contributed by atoms with E-state index in [0.717, 1.165) is 32.6 Å². The molecule has 0 N–H and O–H groups in total. The van der Waals surface area contributed by atoms with Crippen molar-refractivity contribution in [1.82, 2.24) is 0 Å². The lowest BCUT2D eigenvalue weighted by atomic mass is 10.0. The van der Waals surface area contributed by atoms with Crippen LogP contribution in [0.5, 0.6) is 0 Å². The van der Waals surface area contributed by atoms with Crippen molar-refractivity contribution in [2.24, 2.45) is 0 Å². The monoisotopic (exact) mass is 404 g/mol. The molecule has 0 aromatic heterocycles. The lowest BCUT2D eigenvalue weighted by Crippen LogP contribution is -1.94. The molecule has 0 heterocycles. The molecule has 0 aliphatic heterocycles. The molecule has 2 rings (SSSR count). The van der Waals surface area contributed by atoms with Crippen LogP contribution >= 0.6 is 45.8 Å². The van der Waals surface area contributed by atoms with E-state index in [1.54, 1.807) is 0 Å². The van der Waals surface area contributed by atoms with Crippen LogP contribution in [-0.2, 0) is 6.42 Å². The van der Waals surface area contributed by atoms with Gasteiger partial charge in [-0.15, -0.1) is 11.6 Å². The zero-order chi connectivity index (χ0) is 13.8. The highest BCUT2D eigenvalue weighted by molar-refractivity contribution is 14.1. The Labute approximate surface area is 138 Å². The summed E-state index contributed by atoms with van der Waals surface area (Å²) in [6.07, 6.45) is 2.28. The fourth-order valence-electron chi connectivity index (χ4n) is 2.00. The van der Waals surface area contributed by atoms with E-state index in [4.69, 9.17) is 23.2 Å². The molecule has 0 spiro atoms. The first-order chi connectivity index (χ1) is 9.11. The molecular formula is C16H15Cl2I. The van der Waals surface area contributed by atoms with Gasteiger partial charge in [0.25, 0.3) is 0 Å².